The second kappa shape index (κ2) is 8.14. The molecule has 1 aromatic heterocycles. The Labute approximate surface area is 168 Å². The number of H-pyrrole nitrogens is 1. The molecule has 0 radical (unpaired) electrons. The number of hydrogen-bond donors (Lipinski definition) is 2. The number of halogens is 1. The highest BCUT2D eigenvalue weighted by Crippen LogP contribution is 2.36. The first-order valence-corrected chi connectivity index (χ1v) is 9.92. The first kappa shape index (κ1) is 19.3. The molecule has 29 heavy (non-hydrogen) atoms. The minimum Gasteiger partial charge on any atom is -0.352 e. The smallest absolute Gasteiger partial charge is 0.276 e. The standard InChI is InChI=1S/C21H24FN5O2/c22-17-9-5-4-8-16(17)10-21(20(29)23-11-15-6-2-1-3-7-15)13-27(14-21)19(28)18-12-24-26-25-18/h4-6,8-9,12H,1-3,7,10-11,13-14H2,(H,23,29)(H,24,25,26). The highest BCUT2D eigenvalue weighted by molar-refractivity contribution is 5.95. The van der Waals surface area contributed by atoms with Gasteiger partial charge in [-0.1, -0.05) is 29.8 Å². The number of nitrogens with zero attached hydrogens (tertiary/aromatic N) is 3. The van der Waals surface area contributed by atoms with Crippen LogP contribution in [0.3, 0.4) is 0 Å². The number of carbonyl (C=O) groups is 2. The van der Waals surface area contributed by atoms with Gasteiger partial charge in [0.1, 0.15) is 5.82 Å². The summed E-state index contributed by atoms with van der Waals surface area (Å²) in [6, 6.07) is 6.47. The van der Waals surface area contributed by atoms with E-state index in [-0.39, 0.29) is 42.8 Å². The van der Waals surface area contributed by atoms with E-state index < -0.39 is 5.41 Å². The van der Waals surface area contributed by atoms with E-state index in [1.807, 2.05) is 0 Å². The number of carbonyl (C=O) groups excluding carboxylic acids is 2. The maximum absolute atomic E-state index is 14.3. The Morgan fingerprint density at radius 2 is 2.07 bits per heavy atom. The summed E-state index contributed by atoms with van der Waals surface area (Å²) in [4.78, 5) is 27.2. The Hall–Kier alpha value is -3.03. The highest BCUT2D eigenvalue weighted by atomic mass is 19.1. The summed E-state index contributed by atoms with van der Waals surface area (Å²) >= 11 is 0. The SMILES string of the molecule is O=C(c1cn[nH]n1)N1CC(Cc2ccccc2F)(C(=O)NCC2=CCCCC2)C1. The minimum atomic E-state index is -0.850. The van der Waals surface area contributed by atoms with Crippen molar-refractivity contribution < 1.29 is 14.0 Å². The van der Waals surface area contributed by atoms with E-state index >= 15 is 0 Å². The highest BCUT2D eigenvalue weighted by Gasteiger charge is 2.51. The molecule has 0 unspecified atom stereocenters. The van der Waals surface area contributed by atoms with Gasteiger partial charge in [0, 0.05) is 19.6 Å². The van der Waals surface area contributed by atoms with Crippen LogP contribution < -0.4 is 5.32 Å². The number of aromatic nitrogens is 3. The number of hydrogen-bond acceptors (Lipinski definition) is 4. The molecule has 2 aliphatic rings. The summed E-state index contributed by atoms with van der Waals surface area (Å²) in [5.74, 6) is -0.766. The van der Waals surface area contributed by atoms with Gasteiger partial charge in [0.15, 0.2) is 5.69 Å². The number of likely N-dealkylation sites (tertiary alicyclic amines) is 1. The van der Waals surface area contributed by atoms with Gasteiger partial charge in [0.2, 0.25) is 5.91 Å². The fourth-order valence-corrected chi connectivity index (χ4v) is 4.08. The number of nitrogens with one attached hydrogen (secondary N) is 2. The van der Waals surface area contributed by atoms with E-state index in [4.69, 9.17) is 0 Å². The Bertz CT molecular complexity index is 919. The van der Waals surface area contributed by atoms with Crippen LogP contribution in [0.15, 0.2) is 42.1 Å². The van der Waals surface area contributed by atoms with E-state index in [0.29, 0.717) is 12.1 Å². The van der Waals surface area contributed by atoms with Crippen molar-refractivity contribution in [2.45, 2.75) is 32.1 Å². The minimum absolute atomic E-state index is 0.142. The third-order valence-electron chi connectivity index (χ3n) is 5.74. The molecule has 0 bridgehead atoms. The van der Waals surface area contributed by atoms with Gasteiger partial charge >= 0.3 is 0 Å². The molecule has 152 valence electrons. The van der Waals surface area contributed by atoms with Crippen molar-refractivity contribution in [2.75, 3.05) is 19.6 Å². The molecule has 2 N–H and O–H groups in total. The fraction of sp³-hybridized carbons (Fsp3) is 0.429. The number of aromatic amines is 1. The fourth-order valence-electron chi connectivity index (χ4n) is 4.08. The normalized spacial score (nSPS) is 18.0. The zero-order valence-electron chi connectivity index (χ0n) is 16.2. The summed E-state index contributed by atoms with van der Waals surface area (Å²) in [5, 5.41) is 12.9. The van der Waals surface area contributed by atoms with Gasteiger partial charge in [0.25, 0.3) is 5.91 Å². The topological polar surface area (TPSA) is 91.0 Å². The lowest BCUT2D eigenvalue weighted by Crippen LogP contribution is -2.65. The lowest BCUT2D eigenvalue weighted by atomic mass is 9.73. The van der Waals surface area contributed by atoms with Crippen LogP contribution in [-0.4, -0.2) is 51.8 Å². The summed E-state index contributed by atoms with van der Waals surface area (Å²) < 4.78 is 14.3. The third-order valence-corrected chi connectivity index (χ3v) is 5.74. The lowest BCUT2D eigenvalue weighted by molar-refractivity contribution is -0.139. The molecule has 1 saturated heterocycles. The molecule has 0 saturated carbocycles. The maximum atomic E-state index is 14.3. The number of benzene rings is 1. The van der Waals surface area contributed by atoms with Crippen LogP contribution in [0.1, 0.15) is 41.7 Å². The molecule has 2 aromatic rings. The van der Waals surface area contributed by atoms with Gasteiger partial charge in [-0.2, -0.15) is 15.4 Å². The second-order valence-corrected chi connectivity index (χ2v) is 7.86. The monoisotopic (exact) mass is 397 g/mol. The number of allylic oxidation sites excluding steroid dienone is 1. The largest absolute Gasteiger partial charge is 0.352 e. The molecule has 1 aliphatic carbocycles. The molecule has 1 aromatic carbocycles. The van der Waals surface area contributed by atoms with Crippen molar-refractivity contribution in [2.24, 2.45) is 5.41 Å². The number of rotatable bonds is 6. The van der Waals surface area contributed by atoms with Crippen LogP contribution >= 0.6 is 0 Å². The molecule has 1 fully saturated rings. The predicted molar refractivity (Wildman–Crippen MR) is 104 cm³/mol. The molecule has 2 heterocycles. The zero-order chi connectivity index (χ0) is 20.3. The van der Waals surface area contributed by atoms with Gasteiger partial charge in [-0.05, 0) is 43.7 Å². The van der Waals surface area contributed by atoms with Gasteiger partial charge in [0.05, 0.1) is 11.6 Å². The van der Waals surface area contributed by atoms with Crippen molar-refractivity contribution >= 4 is 11.8 Å². The Morgan fingerprint density at radius 3 is 2.76 bits per heavy atom. The third kappa shape index (κ3) is 4.06. The first-order valence-electron chi connectivity index (χ1n) is 9.92. The van der Waals surface area contributed by atoms with Crippen molar-refractivity contribution in [3.8, 4) is 0 Å². The Kier molecular flexibility index (Phi) is 5.42. The predicted octanol–water partition coefficient (Wildman–Crippen LogP) is 2.25. The van der Waals surface area contributed by atoms with E-state index in [1.54, 1.807) is 23.1 Å². The van der Waals surface area contributed by atoms with Crippen molar-refractivity contribution in [3.05, 3.63) is 59.2 Å². The molecule has 0 atom stereocenters. The quantitative estimate of drug-likeness (QED) is 0.732. The van der Waals surface area contributed by atoms with Crippen LogP contribution in [-0.2, 0) is 11.2 Å². The molecular formula is C21H24FN5O2. The lowest BCUT2D eigenvalue weighted by Gasteiger charge is -2.48. The average Bonchev–Trinajstić information content (AvgIpc) is 3.25. The van der Waals surface area contributed by atoms with Gasteiger partial charge in [-0.15, -0.1) is 0 Å². The van der Waals surface area contributed by atoms with Crippen LogP contribution in [0.4, 0.5) is 4.39 Å². The molecule has 8 heteroatoms. The van der Waals surface area contributed by atoms with Crippen LogP contribution in [0.2, 0.25) is 0 Å². The van der Waals surface area contributed by atoms with Crippen LogP contribution in [0.25, 0.3) is 0 Å². The average molecular weight is 397 g/mol. The summed E-state index contributed by atoms with van der Waals surface area (Å²) in [6.45, 7) is 0.949. The molecule has 4 rings (SSSR count). The van der Waals surface area contributed by atoms with Gasteiger partial charge in [-0.25, -0.2) is 4.39 Å². The second-order valence-electron chi connectivity index (χ2n) is 7.86. The van der Waals surface area contributed by atoms with Crippen LogP contribution in [0, 0.1) is 11.2 Å². The summed E-state index contributed by atoms with van der Waals surface area (Å²) in [7, 11) is 0. The van der Waals surface area contributed by atoms with Crippen LogP contribution in [0.5, 0.6) is 0 Å². The number of amides is 2. The van der Waals surface area contributed by atoms with Crippen molar-refractivity contribution in [1.82, 2.24) is 25.6 Å². The van der Waals surface area contributed by atoms with Crippen molar-refractivity contribution in [1.29, 1.82) is 0 Å². The van der Waals surface area contributed by atoms with E-state index in [1.165, 1.54) is 24.3 Å². The molecule has 1 aliphatic heterocycles. The molecule has 2 amide bonds. The Balaban J connectivity index is 1.48. The zero-order valence-corrected chi connectivity index (χ0v) is 16.2. The van der Waals surface area contributed by atoms with E-state index in [2.05, 4.69) is 26.8 Å². The maximum Gasteiger partial charge on any atom is 0.276 e. The van der Waals surface area contributed by atoms with E-state index in [0.717, 1.165) is 19.3 Å². The van der Waals surface area contributed by atoms with Crippen molar-refractivity contribution in [3.63, 3.8) is 0 Å². The summed E-state index contributed by atoms with van der Waals surface area (Å²) in [6.07, 6.45) is 8.16. The van der Waals surface area contributed by atoms with Gasteiger partial charge < -0.3 is 10.2 Å². The molecular weight excluding hydrogens is 373 g/mol. The van der Waals surface area contributed by atoms with E-state index in [9.17, 15) is 14.0 Å². The molecule has 7 nitrogen and oxygen atoms in total. The Morgan fingerprint density at radius 1 is 1.24 bits per heavy atom. The van der Waals surface area contributed by atoms with Gasteiger partial charge in [-0.3, -0.25) is 9.59 Å². The first-order chi connectivity index (χ1) is 14.1. The summed E-state index contributed by atoms with van der Waals surface area (Å²) in [5.41, 5.74) is 1.07. The molecule has 0 spiro atoms.